The van der Waals surface area contributed by atoms with Crippen LogP contribution < -0.4 is 5.32 Å². The molecule has 0 aromatic carbocycles. The molecule has 2 aliphatic heterocycles. The van der Waals surface area contributed by atoms with Gasteiger partial charge in [-0.15, -0.1) is 0 Å². The third-order valence-corrected chi connectivity index (χ3v) is 4.63. The first-order chi connectivity index (χ1) is 9.52. The van der Waals surface area contributed by atoms with Gasteiger partial charge in [-0.1, -0.05) is 0 Å². The van der Waals surface area contributed by atoms with E-state index in [0.29, 0.717) is 30.7 Å². The van der Waals surface area contributed by atoms with Crippen LogP contribution in [0.15, 0.2) is 0 Å². The summed E-state index contributed by atoms with van der Waals surface area (Å²) in [5.74, 6) is 1.22. The molecule has 0 spiro atoms. The van der Waals surface area contributed by atoms with E-state index in [9.17, 15) is 9.59 Å². The van der Waals surface area contributed by atoms with Gasteiger partial charge in [0.25, 0.3) is 0 Å². The maximum absolute atomic E-state index is 12.3. The zero-order valence-corrected chi connectivity index (χ0v) is 12.9. The molecule has 0 radical (unpaired) electrons. The van der Waals surface area contributed by atoms with Gasteiger partial charge in [-0.2, -0.15) is 0 Å². The van der Waals surface area contributed by atoms with Gasteiger partial charge in [0.15, 0.2) is 0 Å². The first kappa shape index (κ1) is 15.1. The van der Waals surface area contributed by atoms with E-state index in [1.807, 2.05) is 16.7 Å². The molecule has 0 unspecified atom stereocenters. The molecule has 5 heteroatoms. The fourth-order valence-corrected chi connectivity index (χ4v) is 3.44. The smallest absolute Gasteiger partial charge is 0.317 e. The second-order valence-electron chi connectivity index (χ2n) is 6.26. The maximum Gasteiger partial charge on any atom is 0.317 e. The number of carbonyl (C=O) groups is 2. The van der Waals surface area contributed by atoms with Gasteiger partial charge in [-0.25, -0.2) is 4.79 Å². The van der Waals surface area contributed by atoms with Gasteiger partial charge in [-0.3, -0.25) is 4.79 Å². The highest BCUT2D eigenvalue weighted by Crippen LogP contribution is 2.32. The minimum atomic E-state index is 0.0437. The summed E-state index contributed by atoms with van der Waals surface area (Å²) < 4.78 is 0. The van der Waals surface area contributed by atoms with E-state index in [2.05, 4.69) is 19.2 Å². The van der Waals surface area contributed by atoms with E-state index in [1.54, 1.807) is 0 Å². The van der Waals surface area contributed by atoms with Gasteiger partial charge in [-0.05, 0) is 45.4 Å². The number of rotatable bonds is 2. The van der Waals surface area contributed by atoms with Crippen LogP contribution in [0.2, 0.25) is 0 Å². The van der Waals surface area contributed by atoms with Crippen molar-refractivity contribution in [3.63, 3.8) is 0 Å². The molecule has 0 bridgehead atoms. The summed E-state index contributed by atoms with van der Waals surface area (Å²) in [4.78, 5) is 28.1. The molecule has 3 amide bonds. The standard InChI is InChI=1S/C15H27N3O2/c1-4-16-15(20)17-7-5-12-9-14(19)18(11(2)3)8-6-13(12)10-17/h11-13H,4-10H2,1-3H3,(H,16,20)/t12-,13-/m0/s1. The van der Waals surface area contributed by atoms with Crippen LogP contribution in [0.25, 0.3) is 0 Å². The Hall–Kier alpha value is -1.26. The fourth-order valence-electron chi connectivity index (χ4n) is 3.44. The normalized spacial score (nSPS) is 27.3. The zero-order chi connectivity index (χ0) is 14.7. The second-order valence-corrected chi connectivity index (χ2v) is 6.26. The Morgan fingerprint density at radius 2 is 2.00 bits per heavy atom. The molecule has 2 rings (SSSR count). The number of nitrogens with one attached hydrogen (secondary N) is 1. The lowest BCUT2D eigenvalue weighted by molar-refractivity contribution is -0.133. The van der Waals surface area contributed by atoms with E-state index < -0.39 is 0 Å². The molecular formula is C15H27N3O2. The maximum atomic E-state index is 12.3. The topological polar surface area (TPSA) is 52.7 Å². The highest BCUT2D eigenvalue weighted by Gasteiger charge is 2.36. The van der Waals surface area contributed by atoms with Crippen molar-refractivity contribution in [1.29, 1.82) is 0 Å². The van der Waals surface area contributed by atoms with Crippen LogP contribution in [-0.4, -0.2) is 54.0 Å². The Morgan fingerprint density at radius 1 is 1.30 bits per heavy atom. The summed E-state index contributed by atoms with van der Waals surface area (Å²) in [6, 6.07) is 0.324. The lowest BCUT2D eigenvalue weighted by atomic mass is 9.82. The average molecular weight is 281 g/mol. The summed E-state index contributed by atoms with van der Waals surface area (Å²) in [5.41, 5.74) is 0. The van der Waals surface area contributed by atoms with Gasteiger partial charge < -0.3 is 15.1 Å². The number of amides is 3. The average Bonchev–Trinajstić information content (AvgIpc) is 2.56. The summed E-state index contributed by atoms with van der Waals surface area (Å²) in [6.45, 7) is 9.18. The number of urea groups is 1. The molecule has 5 nitrogen and oxygen atoms in total. The highest BCUT2D eigenvalue weighted by atomic mass is 16.2. The van der Waals surface area contributed by atoms with Crippen molar-refractivity contribution < 1.29 is 9.59 Å². The third kappa shape index (κ3) is 3.25. The molecule has 2 atom stereocenters. The summed E-state index contributed by atoms with van der Waals surface area (Å²) in [7, 11) is 0. The highest BCUT2D eigenvalue weighted by molar-refractivity contribution is 5.77. The van der Waals surface area contributed by atoms with Gasteiger partial charge in [0.2, 0.25) is 5.91 Å². The molecule has 2 fully saturated rings. The van der Waals surface area contributed by atoms with Gasteiger partial charge in [0.1, 0.15) is 0 Å². The van der Waals surface area contributed by atoms with Crippen molar-refractivity contribution in [2.45, 2.75) is 46.1 Å². The van der Waals surface area contributed by atoms with Crippen molar-refractivity contribution in [2.75, 3.05) is 26.2 Å². The minimum Gasteiger partial charge on any atom is -0.340 e. The van der Waals surface area contributed by atoms with Crippen LogP contribution in [0.4, 0.5) is 4.79 Å². The van der Waals surface area contributed by atoms with Crippen LogP contribution in [0.3, 0.4) is 0 Å². The SMILES string of the molecule is CCNC(=O)N1CC[C@H]2CC(=O)N(C(C)C)CC[C@H]2C1. The number of piperidine rings is 1. The van der Waals surface area contributed by atoms with E-state index in [4.69, 9.17) is 0 Å². The van der Waals surface area contributed by atoms with Crippen LogP contribution in [0.5, 0.6) is 0 Å². The third-order valence-electron chi connectivity index (χ3n) is 4.63. The Labute approximate surface area is 121 Å². The van der Waals surface area contributed by atoms with Crippen LogP contribution in [0, 0.1) is 11.8 Å². The number of carbonyl (C=O) groups excluding carboxylic acids is 2. The van der Waals surface area contributed by atoms with Crippen molar-refractivity contribution in [3.8, 4) is 0 Å². The first-order valence-corrected chi connectivity index (χ1v) is 7.85. The van der Waals surface area contributed by atoms with Crippen molar-refractivity contribution >= 4 is 11.9 Å². The van der Waals surface area contributed by atoms with Crippen LogP contribution in [0.1, 0.15) is 40.0 Å². The lowest BCUT2D eigenvalue weighted by Crippen LogP contribution is -2.48. The number of fused-ring (bicyclic) bond motifs is 1. The second kappa shape index (κ2) is 6.46. The summed E-state index contributed by atoms with van der Waals surface area (Å²) in [6.07, 6.45) is 2.63. The molecule has 0 aliphatic carbocycles. The molecule has 2 saturated heterocycles. The Morgan fingerprint density at radius 3 is 2.65 bits per heavy atom. The van der Waals surface area contributed by atoms with E-state index >= 15 is 0 Å². The molecule has 2 aliphatic rings. The summed E-state index contributed by atoms with van der Waals surface area (Å²) in [5, 5.41) is 2.87. The lowest BCUT2D eigenvalue weighted by Gasteiger charge is -2.37. The molecule has 2 heterocycles. The molecule has 20 heavy (non-hydrogen) atoms. The number of hydrogen-bond donors (Lipinski definition) is 1. The monoisotopic (exact) mass is 281 g/mol. The summed E-state index contributed by atoms with van der Waals surface area (Å²) >= 11 is 0. The molecular weight excluding hydrogens is 254 g/mol. The van der Waals surface area contributed by atoms with Gasteiger partial charge >= 0.3 is 6.03 Å². The predicted octanol–water partition coefficient (Wildman–Crippen LogP) is 1.68. The molecule has 0 aromatic heterocycles. The number of nitrogens with zero attached hydrogens (tertiary/aromatic N) is 2. The van der Waals surface area contributed by atoms with Gasteiger partial charge in [0, 0.05) is 38.6 Å². The van der Waals surface area contributed by atoms with Crippen LogP contribution in [-0.2, 0) is 4.79 Å². The van der Waals surface area contributed by atoms with E-state index in [0.717, 1.165) is 32.5 Å². The molecule has 0 aromatic rings. The Kier molecular flexibility index (Phi) is 4.89. The van der Waals surface area contributed by atoms with Crippen molar-refractivity contribution in [3.05, 3.63) is 0 Å². The van der Waals surface area contributed by atoms with Gasteiger partial charge in [0.05, 0.1) is 0 Å². The first-order valence-electron chi connectivity index (χ1n) is 7.85. The molecule has 114 valence electrons. The fraction of sp³-hybridized carbons (Fsp3) is 0.867. The predicted molar refractivity (Wildman–Crippen MR) is 78.3 cm³/mol. The van der Waals surface area contributed by atoms with Crippen molar-refractivity contribution in [1.82, 2.24) is 15.1 Å². The zero-order valence-electron chi connectivity index (χ0n) is 12.9. The largest absolute Gasteiger partial charge is 0.340 e. The molecule has 0 saturated carbocycles. The van der Waals surface area contributed by atoms with Crippen LogP contribution >= 0.6 is 0 Å². The van der Waals surface area contributed by atoms with E-state index in [-0.39, 0.29) is 12.1 Å². The molecule has 1 N–H and O–H groups in total. The van der Waals surface area contributed by atoms with Crippen molar-refractivity contribution in [2.24, 2.45) is 11.8 Å². The quantitative estimate of drug-likeness (QED) is 0.837. The minimum absolute atomic E-state index is 0.0437. The van der Waals surface area contributed by atoms with E-state index in [1.165, 1.54) is 0 Å². The number of hydrogen-bond acceptors (Lipinski definition) is 2. The Balaban J connectivity index is 1.99. The number of likely N-dealkylation sites (tertiary alicyclic amines) is 2. The Bertz CT molecular complexity index is 370.